The Balaban J connectivity index is 2.71. The molecule has 0 radical (unpaired) electrons. The molecule has 1 aliphatic rings. The number of allylic oxidation sites excluding steroid dienone is 17. The van der Waals surface area contributed by atoms with Crippen molar-refractivity contribution in [3.05, 3.63) is 109 Å². The number of hydrogen-bond acceptors (Lipinski definition) is 14. The lowest BCUT2D eigenvalue weighted by Crippen LogP contribution is -2.64. The predicted octanol–water partition coefficient (Wildman–Crippen LogP) is 7.92. The van der Waals surface area contributed by atoms with Crippen molar-refractivity contribution in [1.82, 2.24) is 0 Å². The van der Waals surface area contributed by atoms with Gasteiger partial charge in [-0.25, -0.2) is 9.13 Å². The Morgan fingerprint density at radius 3 is 1.57 bits per heavy atom. The van der Waals surface area contributed by atoms with Crippen LogP contribution in [0.1, 0.15) is 123 Å². The van der Waals surface area contributed by atoms with Gasteiger partial charge in [-0.2, -0.15) is 0 Å². The molecule has 0 amide bonds. The highest BCUT2D eigenvalue weighted by atomic mass is 31.2. The number of phosphoric ester groups is 2. The molecule has 0 aliphatic heterocycles. The van der Waals surface area contributed by atoms with E-state index in [0.29, 0.717) is 12.8 Å². The van der Waals surface area contributed by atoms with Gasteiger partial charge in [0.15, 0.2) is 6.10 Å². The molecule has 0 aromatic rings. The Morgan fingerprint density at radius 2 is 1.03 bits per heavy atom. The minimum Gasteiger partial charge on any atom is -0.462 e. The highest BCUT2D eigenvalue weighted by Gasteiger charge is 2.54. The average molecular weight is 1000 g/mol. The topological polar surface area (TPSA) is 276 Å². The predicted molar refractivity (Wildman–Crippen MR) is 261 cm³/mol. The van der Waals surface area contributed by atoms with Crippen molar-refractivity contribution in [3.8, 4) is 0 Å². The molecule has 0 heterocycles. The molecule has 17 nitrogen and oxygen atoms in total. The third kappa shape index (κ3) is 32.4. The van der Waals surface area contributed by atoms with E-state index in [2.05, 4.69) is 97.4 Å². The van der Waals surface area contributed by atoms with Gasteiger partial charge in [-0.15, -0.1) is 0 Å². The summed E-state index contributed by atoms with van der Waals surface area (Å²) in [5.74, 6) is -1.45. The standard InChI is InChI=1S/C49H78O17P2/c1-3-5-7-9-11-13-15-17-18-19-20-22-24-26-28-30-32-36-43(52)64-41(39-63-68(60,61)66-49-46(55)44(53)45(54)48(47(49)56)65-67(57,58)59)38-62-42(51)37-33-35-40(50)34-31-29-27-25-23-21-16-14-12-10-8-6-4-2/h5-8,11-14,17-18,20-23,27,29,31,34,40-41,44-50,53-56H,3-4,9-10,15-16,19,24-26,28,30,32-33,35-39H2,1-2H3,(H,60,61)(H2,57,58,59)/b7-5-,8-6-,13-11-,14-12-,18-17-,22-20-,23-21-,29-27-,34-31+/t40?,41-,44?,45?,46?,47?,48-,49+/m1/s1. The Bertz CT molecular complexity index is 1750. The van der Waals surface area contributed by atoms with Gasteiger partial charge in [0.1, 0.15) is 43.2 Å². The molecule has 1 fully saturated rings. The van der Waals surface area contributed by atoms with E-state index >= 15 is 0 Å². The maximum absolute atomic E-state index is 13.0. The summed E-state index contributed by atoms with van der Waals surface area (Å²) in [6.45, 7) is 2.67. The monoisotopic (exact) mass is 1000 g/mol. The van der Waals surface area contributed by atoms with E-state index in [-0.39, 0.29) is 25.7 Å². The van der Waals surface area contributed by atoms with Gasteiger partial charge >= 0.3 is 27.6 Å². The van der Waals surface area contributed by atoms with Crippen molar-refractivity contribution in [2.75, 3.05) is 13.2 Å². The number of hydrogen-bond donors (Lipinski definition) is 8. The van der Waals surface area contributed by atoms with Crippen LogP contribution in [0.25, 0.3) is 0 Å². The lowest BCUT2D eigenvalue weighted by Gasteiger charge is -2.43. The van der Waals surface area contributed by atoms with E-state index < -0.39 is 89.6 Å². The summed E-state index contributed by atoms with van der Waals surface area (Å²) < 4.78 is 49.2. The third-order valence-electron chi connectivity index (χ3n) is 9.95. The lowest BCUT2D eigenvalue weighted by atomic mass is 9.85. The van der Waals surface area contributed by atoms with E-state index in [4.69, 9.17) is 18.5 Å². The van der Waals surface area contributed by atoms with Crippen LogP contribution in [0.5, 0.6) is 0 Å². The normalized spacial score (nSPS) is 22.7. The maximum Gasteiger partial charge on any atom is 0.472 e. The molecule has 8 N–H and O–H groups in total. The van der Waals surface area contributed by atoms with Gasteiger partial charge in [-0.1, -0.05) is 136 Å². The number of esters is 2. The van der Waals surface area contributed by atoms with Gasteiger partial charge in [0.05, 0.1) is 12.7 Å². The van der Waals surface area contributed by atoms with Gasteiger partial charge in [-0.3, -0.25) is 23.2 Å². The van der Waals surface area contributed by atoms with Crippen LogP contribution in [0, 0.1) is 0 Å². The van der Waals surface area contributed by atoms with Gasteiger partial charge in [-0.05, 0) is 83.5 Å². The number of unbranched alkanes of at least 4 members (excludes halogenated alkanes) is 4. The first-order chi connectivity index (χ1) is 32.5. The SMILES string of the molecule is CC/C=C\C/C=C\C/C=C\C/C=C\C=C\C(O)CCCC(=O)OC[C@H](COP(=O)(O)O[C@H]1C(O)C(O)C(O)[C@@H](OP(=O)(O)O)C1O)OC(=O)CCCCCC/C=C\C/C=C\C/C=C\C/C=C\CC. The van der Waals surface area contributed by atoms with E-state index in [1.807, 2.05) is 18.2 Å². The first-order valence-electron chi connectivity index (χ1n) is 23.5. The molecule has 0 aromatic heterocycles. The molecule has 0 spiro atoms. The number of carbonyl (C=O) groups excluding carboxylic acids is 2. The van der Waals surface area contributed by atoms with Crippen molar-refractivity contribution in [2.45, 2.75) is 172 Å². The molecule has 6 unspecified atom stereocenters. The van der Waals surface area contributed by atoms with E-state index in [1.165, 1.54) is 0 Å². The van der Waals surface area contributed by atoms with Gasteiger partial charge in [0.25, 0.3) is 0 Å². The summed E-state index contributed by atoms with van der Waals surface area (Å²) in [5.41, 5.74) is 0. The molecule has 1 rings (SSSR count). The zero-order valence-corrected chi connectivity index (χ0v) is 41.4. The summed E-state index contributed by atoms with van der Waals surface area (Å²) in [6, 6.07) is 0. The van der Waals surface area contributed by atoms with Crippen molar-refractivity contribution in [2.24, 2.45) is 0 Å². The van der Waals surface area contributed by atoms with Crippen LogP contribution in [0.15, 0.2) is 109 Å². The second-order valence-corrected chi connectivity index (χ2v) is 18.5. The zero-order valence-electron chi connectivity index (χ0n) is 39.6. The van der Waals surface area contributed by atoms with Crippen LogP contribution in [0.2, 0.25) is 0 Å². The molecular formula is C49H78O17P2. The first kappa shape index (κ1) is 62.6. The quantitative estimate of drug-likeness (QED) is 0.00965. The molecule has 19 heteroatoms. The number of carbonyl (C=O) groups is 2. The van der Waals surface area contributed by atoms with Crippen LogP contribution in [0.4, 0.5) is 0 Å². The summed E-state index contributed by atoms with van der Waals surface area (Å²) in [6.07, 6.45) is 32.1. The number of ether oxygens (including phenoxy) is 2. The second kappa shape index (κ2) is 38.4. The Kier molecular flexibility index (Phi) is 35.4. The van der Waals surface area contributed by atoms with Crippen molar-refractivity contribution >= 4 is 27.6 Å². The lowest BCUT2D eigenvalue weighted by molar-refractivity contribution is -0.216. The van der Waals surface area contributed by atoms with Crippen LogP contribution >= 0.6 is 15.6 Å². The number of rotatable bonds is 37. The highest BCUT2D eigenvalue weighted by molar-refractivity contribution is 7.47. The molecular weight excluding hydrogens is 922 g/mol. The van der Waals surface area contributed by atoms with Gasteiger partial charge in [0.2, 0.25) is 0 Å². The summed E-state index contributed by atoms with van der Waals surface area (Å²) in [5, 5.41) is 51.6. The molecule has 68 heavy (non-hydrogen) atoms. The third-order valence-corrected chi connectivity index (χ3v) is 11.4. The average Bonchev–Trinajstić information content (AvgIpc) is 3.29. The molecule has 386 valence electrons. The fourth-order valence-corrected chi connectivity index (χ4v) is 7.88. The molecule has 0 aromatic carbocycles. The van der Waals surface area contributed by atoms with E-state index in [1.54, 1.807) is 12.2 Å². The van der Waals surface area contributed by atoms with Gasteiger partial charge in [0, 0.05) is 12.8 Å². The molecule has 0 bridgehead atoms. The summed E-state index contributed by atoms with van der Waals surface area (Å²) in [4.78, 5) is 54.3. The fourth-order valence-electron chi connectivity index (χ4n) is 6.34. The Labute approximate surface area is 402 Å². The van der Waals surface area contributed by atoms with Crippen molar-refractivity contribution in [1.29, 1.82) is 0 Å². The largest absolute Gasteiger partial charge is 0.472 e. The smallest absolute Gasteiger partial charge is 0.462 e. The number of aliphatic hydroxyl groups excluding tert-OH is 5. The molecule has 9 atom stereocenters. The molecule has 1 aliphatic carbocycles. The minimum atomic E-state index is -5.39. The van der Waals surface area contributed by atoms with E-state index in [0.717, 1.165) is 70.6 Å². The summed E-state index contributed by atoms with van der Waals surface area (Å²) >= 11 is 0. The zero-order chi connectivity index (χ0) is 50.5. The van der Waals surface area contributed by atoms with Crippen LogP contribution in [-0.2, 0) is 41.8 Å². The Hall–Kier alpha value is -3.38. The molecule has 0 saturated heterocycles. The Morgan fingerprint density at radius 1 is 0.544 bits per heavy atom. The fraction of sp³-hybridized carbons (Fsp3) is 0.592. The number of aliphatic hydroxyl groups is 5. The van der Waals surface area contributed by atoms with Crippen molar-refractivity contribution in [3.63, 3.8) is 0 Å². The van der Waals surface area contributed by atoms with Crippen LogP contribution < -0.4 is 0 Å². The highest BCUT2D eigenvalue weighted by Crippen LogP contribution is 2.49. The second-order valence-electron chi connectivity index (χ2n) is 15.9. The first-order valence-corrected chi connectivity index (χ1v) is 26.6. The molecule has 1 saturated carbocycles. The maximum atomic E-state index is 13.0. The summed E-state index contributed by atoms with van der Waals surface area (Å²) in [7, 11) is -10.8. The van der Waals surface area contributed by atoms with E-state index in [9.17, 15) is 58.9 Å². The van der Waals surface area contributed by atoms with Crippen molar-refractivity contribution < 1.29 is 82.0 Å². The van der Waals surface area contributed by atoms with Crippen LogP contribution in [0.3, 0.4) is 0 Å². The minimum absolute atomic E-state index is 0.0321. The number of phosphoric acid groups is 2. The van der Waals surface area contributed by atoms with Gasteiger partial charge < -0.3 is 49.7 Å². The van der Waals surface area contributed by atoms with Crippen LogP contribution in [-0.4, -0.2) is 114 Å².